The standard InChI is InChI=1S/C14H22N4O3/c1-4-14(13(20)21)6-5-7-18(14)8-11(19)15-12-9(2)16-17-10(12)3/h4-8H2,1-3H3,(H,15,19)(H,16,17)(H,20,21). The number of rotatable bonds is 5. The Morgan fingerprint density at radius 2 is 2.19 bits per heavy atom. The van der Waals surface area contributed by atoms with Crippen LogP contribution in [0.25, 0.3) is 0 Å². The molecule has 1 amide bonds. The Labute approximate surface area is 123 Å². The number of likely N-dealkylation sites (tertiary alicyclic amines) is 1. The predicted molar refractivity (Wildman–Crippen MR) is 78.2 cm³/mol. The molecule has 1 aliphatic heterocycles. The van der Waals surface area contributed by atoms with Crippen molar-refractivity contribution in [2.75, 3.05) is 18.4 Å². The number of hydrogen-bond donors (Lipinski definition) is 3. The molecule has 116 valence electrons. The molecule has 0 aliphatic carbocycles. The zero-order valence-corrected chi connectivity index (χ0v) is 12.7. The summed E-state index contributed by atoms with van der Waals surface area (Å²) in [7, 11) is 0. The highest BCUT2D eigenvalue weighted by Gasteiger charge is 2.46. The van der Waals surface area contributed by atoms with Crippen molar-refractivity contribution in [2.45, 2.75) is 45.6 Å². The second-order valence-electron chi connectivity index (χ2n) is 5.57. The number of carboxylic acid groups (broad SMARTS) is 1. The number of H-pyrrole nitrogens is 1. The molecule has 21 heavy (non-hydrogen) atoms. The zero-order chi connectivity index (χ0) is 15.6. The van der Waals surface area contributed by atoms with E-state index in [9.17, 15) is 14.7 Å². The first-order valence-corrected chi connectivity index (χ1v) is 7.20. The number of aromatic amines is 1. The lowest BCUT2D eigenvalue weighted by atomic mass is 9.93. The highest BCUT2D eigenvalue weighted by atomic mass is 16.4. The monoisotopic (exact) mass is 294 g/mol. The van der Waals surface area contributed by atoms with Gasteiger partial charge < -0.3 is 10.4 Å². The van der Waals surface area contributed by atoms with Crippen LogP contribution in [0.4, 0.5) is 5.69 Å². The molecule has 1 aliphatic rings. The summed E-state index contributed by atoms with van der Waals surface area (Å²) >= 11 is 0. The Hall–Kier alpha value is -1.89. The Morgan fingerprint density at radius 3 is 2.71 bits per heavy atom. The predicted octanol–water partition coefficient (Wildman–Crippen LogP) is 1.29. The largest absolute Gasteiger partial charge is 0.480 e. The number of aromatic nitrogens is 2. The van der Waals surface area contributed by atoms with E-state index in [0.29, 0.717) is 25.1 Å². The maximum absolute atomic E-state index is 12.2. The van der Waals surface area contributed by atoms with Gasteiger partial charge in [0.25, 0.3) is 0 Å². The average Bonchev–Trinajstić information content (AvgIpc) is 2.97. The van der Waals surface area contributed by atoms with Crippen LogP contribution in [-0.4, -0.2) is 50.7 Å². The van der Waals surface area contributed by atoms with Gasteiger partial charge in [-0.25, -0.2) is 0 Å². The van der Waals surface area contributed by atoms with Crippen molar-refractivity contribution in [3.05, 3.63) is 11.4 Å². The number of aryl methyl sites for hydroxylation is 2. The molecule has 1 aromatic heterocycles. The quantitative estimate of drug-likeness (QED) is 0.760. The van der Waals surface area contributed by atoms with Gasteiger partial charge in [-0.15, -0.1) is 0 Å². The smallest absolute Gasteiger partial charge is 0.324 e. The van der Waals surface area contributed by atoms with Crippen LogP contribution in [0.15, 0.2) is 0 Å². The summed E-state index contributed by atoms with van der Waals surface area (Å²) in [5.74, 6) is -1.05. The maximum atomic E-state index is 12.2. The third kappa shape index (κ3) is 2.78. The summed E-state index contributed by atoms with van der Waals surface area (Å²) in [6, 6.07) is 0. The first kappa shape index (κ1) is 15.5. The molecule has 7 heteroatoms. The maximum Gasteiger partial charge on any atom is 0.324 e. The Bertz CT molecular complexity index is 535. The number of hydrogen-bond acceptors (Lipinski definition) is 4. The summed E-state index contributed by atoms with van der Waals surface area (Å²) in [4.78, 5) is 25.6. The number of anilines is 1. The van der Waals surface area contributed by atoms with Gasteiger partial charge in [0, 0.05) is 0 Å². The van der Waals surface area contributed by atoms with Crippen molar-refractivity contribution >= 4 is 17.6 Å². The molecule has 2 heterocycles. The van der Waals surface area contributed by atoms with E-state index in [2.05, 4.69) is 15.5 Å². The first-order valence-electron chi connectivity index (χ1n) is 7.20. The normalized spacial score (nSPS) is 22.4. The molecule has 2 rings (SSSR count). The van der Waals surface area contributed by atoms with Gasteiger partial charge in [0.15, 0.2) is 0 Å². The van der Waals surface area contributed by atoms with E-state index >= 15 is 0 Å². The third-order valence-electron chi connectivity index (χ3n) is 4.33. The Kier molecular flexibility index (Phi) is 4.32. The fourth-order valence-corrected chi connectivity index (χ4v) is 3.05. The number of carbonyl (C=O) groups is 2. The lowest BCUT2D eigenvalue weighted by molar-refractivity contribution is -0.150. The van der Waals surface area contributed by atoms with E-state index in [4.69, 9.17) is 0 Å². The number of carboxylic acids is 1. The van der Waals surface area contributed by atoms with Gasteiger partial charge in [-0.2, -0.15) is 5.10 Å². The van der Waals surface area contributed by atoms with Crippen LogP contribution >= 0.6 is 0 Å². The molecule has 7 nitrogen and oxygen atoms in total. The number of carbonyl (C=O) groups excluding carboxylic acids is 1. The van der Waals surface area contributed by atoms with E-state index in [1.165, 1.54) is 0 Å². The van der Waals surface area contributed by atoms with E-state index in [-0.39, 0.29) is 12.5 Å². The van der Waals surface area contributed by atoms with Crippen molar-refractivity contribution in [2.24, 2.45) is 0 Å². The Balaban J connectivity index is 2.07. The molecule has 1 unspecified atom stereocenters. The van der Waals surface area contributed by atoms with Gasteiger partial charge in [-0.3, -0.25) is 19.6 Å². The van der Waals surface area contributed by atoms with Gasteiger partial charge in [-0.1, -0.05) is 6.92 Å². The van der Waals surface area contributed by atoms with E-state index in [0.717, 1.165) is 17.8 Å². The van der Waals surface area contributed by atoms with Crippen LogP contribution in [-0.2, 0) is 9.59 Å². The first-order chi connectivity index (χ1) is 9.90. The van der Waals surface area contributed by atoms with E-state index in [1.807, 2.05) is 20.8 Å². The molecule has 1 fully saturated rings. The molecule has 1 saturated heterocycles. The second-order valence-corrected chi connectivity index (χ2v) is 5.57. The van der Waals surface area contributed by atoms with Crippen LogP contribution in [0.3, 0.4) is 0 Å². The molecule has 0 radical (unpaired) electrons. The molecule has 0 aromatic carbocycles. The highest BCUT2D eigenvalue weighted by Crippen LogP contribution is 2.32. The van der Waals surface area contributed by atoms with E-state index in [1.54, 1.807) is 4.90 Å². The van der Waals surface area contributed by atoms with E-state index < -0.39 is 11.5 Å². The topological polar surface area (TPSA) is 98.3 Å². The van der Waals surface area contributed by atoms with Gasteiger partial charge in [0.05, 0.1) is 23.6 Å². The minimum absolute atomic E-state index is 0.0875. The minimum atomic E-state index is -0.905. The van der Waals surface area contributed by atoms with Crippen molar-refractivity contribution in [1.82, 2.24) is 15.1 Å². The second kappa shape index (κ2) is 5.85. The van der Waals surface area contributed by atoms with Gasteiger partial charge in [0.2, 0.25) is 5.91 Å². The third-order valence-corrected chi connectivity index (χ3v) is 4.33. The van der Waals surface area contributed by atoms with Crippen LogP contribution < -0.4 is 5.32 Å². The number of nitrogens with one attached hydrogen (secondary N) is 2. The van der Waals surface area contributed by atoms with Crippen molar-refractivity contribution < 1.29 is 14.7 Å². The number of amides is 1. The molecular formula is C14H22N4O3. The molecular weight excluding hydrogens is 272 g/mol. The number of nitrogens with zero attached hydrogens (tertiary/aromatic N) is 2. The minimum Gasteiger partial charge on any atom is -0.480 e. The van der Waals surface area contributed by atoms with Crippen LogP contribution in [0.2, 0.25) is 0 Å². The highest BCUT2D eigenvalue weighted by molar-refractivity contribution is 5.94. The summed E-state index contributed by atoms with van der Waals surface area (Å²) in [5.41, 5.74) is 1.29. The van der Waals surface area contributed by atoms with Crippen LogP contribution in [0, 0.1) is 13.8 Å². The fourth-order valence-electron chi connectivity index (χ4n) is 3.05. The fraction of sp³-hybridized carbons (Fsp3) is 0.643. The molecule has 0 saturated carbocycles. The average molecular weight is 294 g/mol. The molecule has 3 N–H and O–H groups in total. The molecule has 1 atom stereocenters. The summed E-state index contributed by atoms with van der Waals surface area (Å²) < 4.78 is 0. The van der Waals surface area contributed by atoms with Crippen molar-refractivity contribution in [3.8, 4) is 0 Å². The molecule has 0 bridgehead atoms. The number of aliphatic carboxylic acids is 1. The van der Waals surface area contributed by atoms with Crippen LogP contribution in [0.1, 0.15) is 37.6 Å². The molecule has 0 spiro atoms. The SMILES string of the molecule is CCC1(C(=O)O)CCCN1CC(=O)Nc1c(C)n[nH]c1C. The van der Waals surface area contributed by atoms with Crippen molar-refractivity contribution in [3.63, 3.8) is 0 Å². The lowest BCUT2D eigenvalue weighted by Crippen LogP contribution is -2.52. The van der Waals surface area contributed by atoms with Crippen LogP contribution in [0.5, 0.6) is 0 Å². The summed E-state index contributed by atoms with van der Waals surface area (Å²) in [6.07, 6.45) is 1.90. The van der Waals surface area contributed by atoms with Gasteiger partial charge >= 0.3 is 5.97 Å². The van der Waals surface area contributed by atoms with Crippen molar-refractivity contribution in [1.29, 1.82) is 0 Å². The Morgan fingerprint density at radius 1 is 1.48 bits per heavy atom. The zero-order valence-electron chi connectivity index (χ0n) is 12.7. The van der Waals surface area contributed by atoms with Gasteiger partial charge in [0.1, 0.15) is 5.54 Å². The summed E-state index contributed by atoms with van der Waals surface area (Å²) in [5, 5.41) is 19.2. The van der Waals surface area contributed by atoms with Gasteiger partial charge in [-0.05, 0) is 39.7 Å². The summed E-state index contributed by atoms with van der Waals surface area (Å²) in [6.45, 7) is 6.22. The lowest BCUT2D eigenvalue weighted by Gasteiger charge is -2.33. The molecule has 1 aromatic rings.